The number of piperazine rings is 1. The molecule has 1 saturated heterocycles. The first kappa shape index (κ1) is 30.1. The van der Waals surface area contributed by atoms with Crippen molar-refractivity contribution in [3.63, 3.8) is 0 Å². The fourth-order valence-corrected chi connectivity index (χ4v) is 7.70. The molecule has 11 heteroatoms. The minimum atomic E-state index is -0.953. The maximum Gasteiger partial charge on any atom is 0.308 e. The number of aliphatic hydroxyl groups excluding tert-OH is 1. The minimum Gasteiger partial charge on any atom is -0.504 e. The summed E-state index contributed by atoms with van der Waals surface area (Å²) in [6.07, 6.45) is 3.09. The van der Waals surface area contributed by atoms with Gasteiger partial charge in [0.1, 0.15) is 12.0 Å². The van der Waals surface area contributed by atoms with E-state index in [0.29, 0.717) is 52.5 Å². The summed E-state index contributed by atoms with van der Waals surface area (Å²) >= 11 is 0. The lowest BCUT2D eigenvalue weighted by Gasteiger charge is -2.56. The first-order valence-electron chi connectivity index (χ1n) is 15.4. The lowest BCUT2D eigenvalue weighted by molar-refractivity contribution is -0.132. The third kappa shape index (κ3) is 4.86. The number of esters is 1. The van der Waals surface area contributed by atoms with Crippen LogP contribution in [0.25, 0.3) is 6.08 Å². The summed E-state index contributed by atoms with van der Waals surface area (Å²) < 4.78 is 23.3. The number of aryl methyl sites for hydroxylation is 1. The molecule has 46 heavy (non-hydrogen) atoms. The Bertz CT molecular complexity index is 1760. The van der Waals surface area contributed by atoms with E-state index in [4.69, 9.17) is 18.9 Å². The summed E-state index contributed by atoms with van der Waals surface area (Å²) in [7, 11) is 1.53. The highest BCUT2D eigenvalue weighted by Crippen LogP contribution is 2.56. The second kappa shape index (κ2) is 11.7. The van der Waals surface area contributed by atoms with Crippen LogP contribution in [0.3, 0.4) is 0 Å². The number of carbonyl (C=O) groups is 2. The Kier molecular flexibility index (Phi) is 7.62. The number of nitrogens with one attached hydrogen (secondary N) is 2. The van der Waals surface area contributed by atoms with Gasteiger partial charge in [-0.1, -0.05) is 36.4 Å². The van der Waals surface area contributed by atoms with E-state index in [9.17, 15) is 19.8 Å². The van der Waals surface area contributed by atoms with Crippen LogP contribution in [0.5, 0.6) is 28.7 Å². The molecule has 4 aliphatic rings. The number of carbonyl (C=O) groups excluding carboxylic acids is 2. The molecule has 3 aromatic rings. The molecule has 0 aromatic heterocycles. The molecule has 1 amide bonds. The molecular weight excluding hydrogens is 590 g/mol. The Hall–Kier alpha value is -4.58. The zero-order chi connectivity index (χ0) is 32.3. The Morgan fingerprint density at radius 1 is 1.11 bits per heavy atom. The van der Waals surface area contributed by atoms with Crippen LogP contribution in [0, 0.1) is 13.8 Å². The SMILES string of the molecule is COc1c(C)cc2c(c1O)[C@@H]1N[C@H](C2)[C@H](O)N2C1Cc1c(OC(C)=O)c(C)c3c(c1[C@@H]2CNC(=O)/C=C/c1ccccc1)OCO3. The van der Waals surface area contributed by atoms with Gasteiger partial charge in [0.05, 0.1) is 25.2 Å². The van der Waals surface area contributed by atoms with Gasteiger partial charge in [0.15, 0.2) is 23.0 Å². The van der Waals surface area contributed by atoms with Crippen molar-refractivity contribution in [2.24, 2.45) is 0 Å². The quantitative estimate of drug-likeness (QED) is 0.183. The molecular formula is C35H37N3O8. The number of aromatic hydroxyl groups is 1. The first-order valence-corrected chi connectivity index (χ1v) is 15.4. The molecule has 0 aliphatic carbocycles. The van der Waals surface area contributed by atoms with Crippen molar-refractivity contribution >= 4 is 18.0 Å². The van der Waals surface area contributed by atoms with Crippen molar-refractivity contribution < 1.29 is 38.7 Å². The van der Waals surface area contributed by atoms with Crippen LogP contribution in [-0.4, -0.2) is 65.7 Å². The van der Waals surface area contributed by atoms with Crippen LogP contribution in [0.1, 0.15) is 58.0 Å². The fraction of sp³-hybridized carbons (Fsp3) is 0.371. The van der Waals surface area contributed by atoms with Crippen molar-refractivity contribution in [1.29, 1.82) is 0 Å². The number of amides is 1. The Labute approximate surface area is 266 Å². The number of nitrogens with zero attached hydrogens (tertiary/aromatic N) is 1. The monoisotopic (exact) mass is 627 g/mol. The summed E-state index contributed by atoms with van der Waals surface area (Å²) in [6.45, 7) is 5.17. The smallest absolute Gasteiger partial charge is 0.308 e. The van der Waals surface area contributed by atoms with Crippen molar-refractivity contribution in [3.8, 4) is 28.7 Å². The van der Waals surface area contributed by atoms with Gasteiger partial charge in [-0.3, -0.25) is 14.5 Å². The number of hydrogen-bond acceptors (Lipinski definition) is 10. The number of aliphatic hydroxyl groups is 1. The summed E-state index contributed by atoms with van der Waals surface area (Å²) in [6, 6.07) is 9.77. The van der Waals surface area contributed by atoms with E-state index < -0.39 is 30.3 Å². The van der Waals surface area contributed by atoms with Gasteiger partial charge >= 0.3 is 5.97 Å². The number of fused-ring (bicyclic) bond motifs is 9. The van der Waals surface area contributed by atoms with E-state index in [1.807, 2.05) is 55.1 Å². The third-order valence-electron chi connectivity index (χ3n) is 9.53. The normalized spacial score (nSPS) is 24.2. The zero-order valence-corrected chi connectivity index (χ0v) is 26.1. The zero-order valence-electron chi connectivity index (χ0n) is 26.1. The van der Waals surface area contributed by atoms with E-state index in [2.05, 4.69) is 10.6 Å². The number of phenols is 1. The molecule has 7 rings (SSSR count). The van der Waals surface area contributed by atoms with E-state index in [0.717, 1.165) is 22.3 Å². The molecule has 0 spiro atoms. The molecule has 5 atom stereocenters. The van der Waals surface area contributed by atoms with Gasteiger partial charge < -0.3 is 39.8 Å². The molecule has 4 aliphatic heterocycles. The van der Waals surface area contributed by atoms with Crippen LogP contribution in [0.15, 0.2) is 42.5 Å². The van der Waals surface area contributed by atoms with Gasteiger partial charge in [0.25, 0.3) is 0 Å². The van der Waals surface area contributed by atoms with Gasteiger partial charge in [0, 0.05) is 47.8 Å². The summed E-state index contributed by atoms with van der Waals surface area (Å²) in [4.78, 5) is 27.5. The predicted octanol–water partition coefficient (Wildman–Crippen LogP) is 3.36. The number of rotatable bonds is 6. The van der Waals surface area contributed by atoms with E-state index in [1.54, 1.807) is 6.08 Å². The molecule has 240 valence electrons. The lowest BCUT2D eigenvalue weighted by Crippen LogP contribution is -2.69. The number of ether oxygens (including phenoxy) is 4. The van der Waals surface area contributed by atoms with Crippen LogP contribution in [0.4, 0.5) is 0 Å². The highest BCUT2D eigenvalue weighted by atomic mass is 16.7. The molecule has 3 aromatic carbocycles. The predicted molar refractivity (Wildman–Crippen MR) is 168 cm³/mol. The number of phenolic OH excluding ortho intramolecular Hbond substituents is 1. The van der Waals surface area contributed by atoms with E-state index in [1.165, 1.54) is 20.1 Å². The van der Waals surface area contributed by atoms with Gasteiger partial charge in [-0.25, -0.2) is 0 Å². The van der Waals surface area contributed by atoms with Gasteiger partial charge in [0.2, 0.25) is 12.7 Å². The second-order valence-electron chi connectivity index (χ2n) is 12.2. The molecule has 4 heterocycles. The topological polar surface area (TPSA) is 139 Å². The highest BCUT2D eigenvalue weighted by molar-refractivity contribution is 5.91. The highest BCUT2D eigenvalue weighted by Gasteiger charge is 2.54. The minimum absolute atomic E-state index is 0.00971. The van der Waals surface area contributed by atoms with E-state index >= 15 is 0 Å². The molecule has 0 saturated carbocycles. The average molecular weight is 628 g/mol. The second-order valence-corrected chi connectivity index (χ2v) is 12.2. The molecule has 1 unspecified atom stereocenters. The van der Waals surface area contributed by atoms with Crippen LogP contribution < -0.4 is 29.6 Å². The standard InChI is InChI=1S/C35H37N3O8/c1-17-12-21-13-23-35(42)38-24(29(37-23)27(21)30(41)31(17)43-4)14-22-28(34-33(44-16-45-34)18(2)32(22)46-19(3)39)25(38)15-36-26(40)11-10-20-8-6-5-7-9-20/h5-12,23-25,29,35,37,41-42H,13-16H2,1-4H3,(H,36,40)/b11-10+/t23-,24?,25+,29-,35+/m1/s1. The first-order chi connectivity index (χ1) is 22.2. The number of benzene rings is 3. The van der Waals surface area contributed by atoms with Gasteiger partial charge in [-0.05, 0) is 49.5 Å². The van der Waals surface area contributed by atoms with Crippen molar-refractivity contribution in [1.82, 2.24) is 15.5 Å². The van der Waals surface area contributed by atoms with Crippen LogP contribution in [-0.2, 0) is 22.4 Å². The third-order valence-corrected chi connectivity index (χ3v) is 9.53. The Morgan fingerprint density at radius 3 is 2.61 bits per heavy atom. The Morgan fingerprint density at radius 2 is 1.87 bits per heavy atom. The van der Waals surface area contributed by atoms with Crippen molar-refractivity contribution in [2.45, 2.75) is 64.0 Å². The fourth-order valence-electron chi connectivity index (χ4n) is 7.70. The maximum atomic E-state index is 13.2. The van der Waals surface area contributed by atoms with Gasteiger partial charge in [-0.15, -0.1) is 0 Å². The van der Waals surface area contributed by atoms with E-state index in [-0.39, 0.29) is 31.0 Å². The van der Waals surface area contributed by atoms with Crippen LogP contribution >= 0.6 is 0 Å². The summed E-state index contributed by atoms with van der Waals surface area (Å²) in [5, 5.41) is 30.1. The van der Waals surface area contributed by atoms with Crippen LogP contribution in [0.2, 0.25) is 0 Å². The maximum absolute atomic E-state index is 13.2. The van der Waals surface area contributed by atoms with Gasteiger partial charge in [-0.2, -0.15) is 0 Å². The largest absolute Gasteiger partial charge is 0.504 e. The lowest BCUT2D eigenvalue weighted by atomic mass is 9.74. The van der Waals surface area contributed by atoms with Crippen molar-refractivity contribution in [3.05, 3.63) is 81.4 Å². The molecule has 1 fully saturated rings. The average Bonchev–Trinajstić information content (AvgIpc) is 3.53. The molecule has 11 nitrogen and oxygen atoms in total. The molecule has 2 bridgehead atoms. The van der Waals surface area contributed by atoms with Crippen molar-refractivity contribution in [2.75, 3.05) is 20.4 Å². The summed E-state index contributed by atoms with van der Waals surface area (Å²) in [5.74, 6) is 1.05. The molecule has 0 radical (unpaired) electrons. The Balaban J connectivity index is 1.35. The number of methoxy groups -OCH3 is 1. The summed E-state index contributed by atoms with van der Waals surface area (Å²) in [5.41, 5.74) is 5.41. The molecule has 4 N–H and O–H groups in total. The number of hydrogen-bond donors (Lipinski definition) is 4.